The number of carboxylic acids is 1. The summed E-state index contributed by atoms with van der Waals surface area (Å²) in [6.07, 6.45) is 0. The molecule has 0 aromatic carbocycles. The van der Waals surface area contributed by atoms with E-state index in [2.05, 4.69) is 15.4 Å². The summed E-state index contributed by atoms with van der Waals surface area (Å²) in [5, 5.41) is 18.3. The van der Waals surface area contributed by atoms with Gasteiger partial charge in [0.1, 0.15) is 11.0 Å². The van der Waals surface area contributed by atoms with E-state index in [1.165, 1.54) is 0 Å². The van der Waals surface area contributed by atoms with E-state index in [4.69, 9.17) is 5.11 Å². The van der Waals surface area contributed by atoms with Crippen molar-refractivity contribution in [1.29, 1.82) is 0 Å². The summed E-state index contributed by atoms with van der Waals surface area (Å²) in [5.74, 6) is -1.53. The summed E-state index contributed by atoms with van der Waals surface area (Å²) >= 11 is 1.16. The number of rotatable bonds is 1. The largest absolute Gasteiger partial charge is 0.478 e. The van der Waals surface area contributed by atoms with Gasteiger partial charge in [0.25, 0.3) is 5.91 Å². The fourth-order valence-corrected chi connectivity index (χ4v) is 2.39. The van der Waals surface area contributed by atoms with Gasteiger partial charge in [-0.2, -0.15) is 0 Å². The second-order valence-electron chi connectivity index (χ2n) is 2.75. The molecule has 72 valence electrons. The first-order valence-electron chi connectivity index (χ1n) is 3.75. The molecule has 1 amide bonds. The summed E-state index contributed by atoms with van der Waals surface area (Å²) in [6.45, 7) is 1.64. The van der Waals surface area contributed by atoms with Gasteiger partial charge in [-0.05, 0) is 17.1 Å². The van der Waals surface area contributed by atoms with Crippen LogP contribution in [0.25, 0.3) is 0 Å². The Labute approximate surface area is 82.8 Å². The van der Waals surface area contributed by atoms with Gasteiger partial charge in [0.2, 0.25) is 0 Å². The van der Waals surface area contributed by atoms with Crippen molar-refractivity contribution in [2.24, 2.45) is 15.4 Å². The van der Waals surface area contributed by atoms with Crippen LogP contribution in [0.2, 0.25) is 0 Å². The molecule has 0 aliphatic carbocycles. The van der Waals surface area contributed by atoms with E-state index in [1.807, 2.05) is 0 Å². The number of amides is 1. The lowest BCUT2D eigenvalue weighted by Crippen LogP contribution is -2.27. The molecule has 7 heteroatoms. The number of carbonyl (C=O) groups excluding carboxylic acids is 1. The number of hydrogen-bond donors (Lipinski definition) is 1. The first-order chi connectivity index (χ1) is 6.61. The van der Waals surface area contributed by atoms with Crippen molar-refractivity contribution in [2.45, 2.75) is 12.2 Å². The maximum absolute atomic E-state index is 11.2. The number of aliphatic carboxylic acids is 1. The first-order valence-corrected chi connectivity index (χ1v) is 4.63. The Kier molecular flexibility index (Phi) is 1.95. The third kappa shape index (κ3) is 1.17. The van der Waals surface area contributed by atoms with Crippen LogP contribution in [0.15, 0.2) is 25.9 Å². The molecule has 1 unspecified atom stereocenters. The molecule has 0 aromatic heterocycles. The summed E-state index contributed by atoms with van der Waals surface area (Å²) in [7, 11) is 0. The van der Waals surface area contributed by atoms with E-state index < -0.39 is 17.1 Å². The van der Waals surface area contributed by atoms with Gasteiger partial charge in [0.05, 0.1) is 5.57 Å². The van der Waals surface area contributed by atoms with Crippen molar-refractivity contribution >= 4 is 29.4 Å². The van der Waals surface area contributed by atoms with E-state index in [1.54, 1.807) is 6.92 Å². The number of hydrogen-bond acceptors (Lipinski definition) is 5. The van der Waals surface area contributed by atoms with Crippen LogP contribution in [0.3, 0.4) is 0 Å². The lowest BCUT2D eigenvalue weighted by molar-refractivity contribution is -0.132. The van der Waals surface area contributed by atoms with Crippen LogP contribution in [-0.4, -0.2) is 27.9 Å². The van der Waals surface area contributed by atoms with E-state index in [-0.39, 0.29) is 11.3 Å². The minimum atomic E-state index is -1.08. The molecular weight excluding hydrogens is 206 g/mol. The van der Waals surface area contributed by atoms with E-state index in [0.29, 0.717) is 4.91 Å². The van der Waals surface area contributed by atoms with Crippen LogP contribution in [-0.2, 0) is 9.59 Å². The van der Waals surface area contributed by atoms with Crippen LogP contribution in [0.4, 0.5) is 0 Å². The molecule has 0 spiro atoms. The van der Waals surface area contributed by atoms with Crippen molar-refractivity contribution in [1.82, 2.24) is 0 Å². The average Bonchev–Trinajstić information content (AvgIpc) is 2.42. The zero-order valence-corrected chi connectivity index (χ0v) is 7.91. The predicted molar refractivity (Wildman–Crippen MR) is 49.0 cm³/mol. The molecule has 2 heterocycles. The van der Waals surface area contributed by atoms with Gasteiger partial charge in [-0.1, -0.05) is 5.11 Å². The number of nitrogens with zero attached hydrogens (tertiary/aromatic N) is 3. The molecule has 1 N–H and O–H groups in total. The zero-order chi connectivity index (χ0) is 10.3. The highest BCUT2D eigenvalue weighted by atomic mass is 32.2. The van der Waals surface area contributed by atoms with E-state index >= 15 is 0 Å². The van der Waals surface area contributed by atoms with Crippen LogP contribution < -0.4 is 0 Å². The lowest BCUT2D eigenvalue weighted by atomic mass is 10.1. The van der Waals surface area contributed by atoms with Crippen molar-refractivity contribution in [3.63, 3.8) is 0 Å². The summed E-state index contributed by atoms with van der Waals surface area (Å²) in [6, 6.07) is 0. The lowest BCUT2D eigenvalue weighted by Gasteiger charge is -2.07. The summed E-state index contributed by atoms with van der Waals surface area (Å²) < 4.78 is 0. The SMILES string of the molecule is CC1=C(C(=O)O)C2=NN=NC(=O)C2S1. The van der Waals surface area contributed by atoms with Crippen LogP contribution in [0.5, 0.6) is 0 Å². The third-order valence-electron chi connectivity index (χ3n) is 1.89. The van der Waals surface area contributed by atoms with Crippen LogP contribution in [0, 0.1) is 0 Å². The van der Waals surface area contributed by atoms with Crippen LogP contribution >= 0.6 is 11.8 Å². The maximum atomic E-state index is 11.2. The summed E-state index contributed by atoms with van der Waals surface area (Å²) in [4.78, 5) is 22.6. The standard InChI is InChI=1S/C7H5N3O3S/c1-2-3(7(12)13)4-5(14-2)6(11)9-10-8-4/h5H,1H3,(H,12,13). The smallest absolute Gasteiger partial charge is 0.338 e. The van der Waals surface area contributed by atoms with Gasteiger partial charge in [0, 0.05) is 0 Å². The Morgan fingerprint density at radius 2 is 2.29 bits per heavy atom. The second-order valence-corrected chi connectivity index (χ2v) is 4.07. The van der Waals surface area contributed by atoms with Gasteiger partial charge in [-0.25, -0.2) is 4.79 Å². The minimum Gasteiger partial charge on any atom is -0.478 e. The molecule has 14 heavy (non-hydrogen) atoms. The number of fused-ring (bicyclic) bond motifs is 1. The number of allylic oxidation sites excluding steroid dienone is 1. The average molecular weight is 211 g/mol. The van der Waals surface area contributed by atoms with Gasteiger partial charge >= 0.3 is 5.97 Å². The normalized spacial score (nSPS) is 25.1. The van der Waals surface area contributed by atoms with Crippen molar-refractivity contribution in [2.75, 3.05) is 0 Å². The Morgan fingerprint density at radius 3 is 2.93 bits per heavy atom. The zero-order valence-electron chi connectivity index (χ0n) is 7.09. The van der Waals surface area contributed by atoms with Gasteiger partial charge in [0.15, 0.2) is 0 Å². The Balaban J connectivity index is 2.48. The molecule has 2 aliphatic rings. The van der Waals surface area contributed by atoms with Gasteiger partial charge in [-0.15, -0.1) is 16.9 Å². The fourth-order valence-electron chi connectivity index (χ4n) is 1.30. The molecule has 0 bridgehead atoms. The molecule has 0 radical (unpaired) electrons. The highest BCUT2D eigenvalue weighted by Gasteiger charge is 2.40. The highest BCUT2D eigenvalue weighted by Crippen LogP contribution is 2.37. The molecule has 6 nitrogen and oxygen atoms in total. The summed E-state index contributed by atoms with van der Waals surface area (Å²) in [5.41, 5.74) is 0.284. The molecule has 0 saturated heterocycles. The minimum absolute atomic E-state index is 0.0759. The van der Waals surface area contributed by atoms with Crippen molar-refractivity contribution in [3.8, 4) is 0 Å². The van der Waals surface area contributed by atoms with Crippen molar-refractivity contribution < 1.29 is 14.7 Å². The van der Waals surface area contributed by atoms with E-state index in [9.17, 15) is 9.59 Å². The maximum Gasteiger partial charge on any atom is 0.338 e. The molecule has 0 fully saturated rings. The van der Waals surface area contributed by atoms with Gasteiger partial charge in [-0.3, -0.25) is 4.79 Å². The topological polar surface area (TPSA) is 91.4 Å². The monoisotopic (exact) mass is 211 g/mol. The Morgan fingerprint density at radius 1 is 1.57 bits per heavy atom. The second kappa shape index (κ2) is 3.02. The Bertz CT molecular complexity index is 424. The highest BCUT2D eigenvalue weighted by molar-refractivity contribution is 8.05. The molecule has 0 aromatic rings. The molecule has 2 aliphatic heterocycles. The molecular formula is C7H5N3O3S. The van der Waals surface area contributed by atoms with E-state index in [0.717, 1.165) is 11.8 Å². The number of thioether (sulfide) groups is 1. The van der Waals surface area contributed by atoms with Crippen molar-refractivity contribution in [3.05, 3.63) is 10.5 Å². The number of carboxylic acid groups (broad SMARTS) is 1. The molecule has 0 saturated carbocycles. The van der Waals surface area contributed by atoms with Crippen LogP contribution in [0.1, 0.15) is 6.92 Å². The Hall–Kier alpha value is -1.50. The first kappa shape index (κ1) is 9.07. The van der Waals surface area contributed by atoms with Gasteiger partial charge < -0.3 is 5.11 Å². The third-order valence-corrected chi connectivity index (χ3v) is 3.10. The molecule has 2 rings (SSSR count). The fraction of sp³-hybridized carbons (Fsp3) is 0.286. The number of carbonyl (C=O) groups is 2. The predicted octanol–water partition coefficient (Wildman–Crippen LogP) is 0.809. The quantitative estimate of drug-likeness (QED) is 0.694. The molecule has 1 atom stereocenters.